The quantitative estimate of drug-likeness (QED) is 0.699. The van der Waals surface area contributed by atoms with Crippen LogP contribution in [0.3, 0.4) is 0 Å². The van der Waals surface area contributed by atoms with Gasteiger partial charge in [-0.05, 0) is 42.2 Å². The summed E-state index contributed by atoms with van der Waals surface area (Å²) in [5, 5.41) is 4.87. The number of benzene rings is 2. The number of methoxy groups -OCH3 is 1. The van der Waals surface area contributed by atoms with Crippen LogP contribution in [-0.4, -0.2) is 17.3 Å². The van der Waals surface area contributed by atoms with E-state index in [4.69, 9.17) is 20.9 Å². The second kappa shape index (κ2) is 5.70. The lowest BCUT2D eigenvalue weighted by Crippen LogP contribution is -1.89. The second-order valence-corrected chi connectivity index (χ2v) is 6.10. The Morgan fingerprint density at radius 3 is 2.83 bits per heavy atom. The zero-order chi connectivity index (χ0) is 15.8. The first-order valence-electron chi connectivity index (χ1n) is 7.48. The van der Waals surface area contributed by atoms with Crippen LogP contribution in [0.25, 0.3) is 11.4 Å². The summed E-state index contributed by atoms with van der Waals surface area (Å²) >= 11 is 6.06. The molecule has 1 saturated carbocycles. The van der Waals surface area contributed by atoms with Gasteiger partial charge in [-0.1, -0.05) is 41.0 Å². The highest BCUT2D eigenvalue weighted by molar-refractivity contribution is 6.30. The normalized spacial score (nSPS) is 19.6. The van der Waals surface area contributed by atoms with Crippen molar-refractivity contribution in [3.05, 3.63) is 65.0 Å². The number of nitrogens with zero attached hydrogens (tertiary/aromatic N) is 2. The van der Waals surface area contributed by atoms with Gasteiger partial charge in [0.15, 0.2) is 0 Å². The second-order valence-electron chi connectivity index (χ2n) is 5.66. The molecule has 0 saturated heterocycles. The van der Waals surface area contributed by atoms with Gasteiger partial charge in [-0.3, -0.25) is 0 Å². The Bertz CT molecular complexity index is 846. The van der Waals surface area contributed by atoms with E-state index in [9.17, 15) is 0 Å². The molecule has 116 valence electrons. The van der Waals surface area contributed by atoms with Crippen molar-refractivity contribution in [2.45, 2.75) is 18.3 Å². The predicted molar refractivity (Wildman–Crippen MR) is 87.8 cm³/mol. The molecule has 0 aliphatic heterocycles. The fourth-order valence-corrected chi connectivity index (χ4v) is 3.10. The molecule has 1 aliphatic rings. The topological polar surface area (TPSA) is 48.2 Å². The molecule has 23 heavy (non-hydrogen) atoms. The maximum Gasteiger partial charge on any atom is 0.230 e. The van der Waals surface area contributed by atoms with Crippen molar-refractivity contribution in [2.75, 3.05) is 7.11 Å². The first-order chi connectivity index (χ1) is 11.3. The lowest BCUT2D eigenvalue weighted by molar-refractivity contribution is 0.378. The molecule has 0 spiro atoms. The van der Waals surface area contributed by atoms with Crippen LogP contribution in [0.5, 0.6) is 5.75 Å². The van der Waals surface area contributed by atoms with Crippen LogP contribution in [0.15, 0.2) is 53.1 Å². The molecule has 2 atom stereocenters. The SMILES string of the molecule is COc1ccccc1-c1noc([C@@H]2C[C@H]2c2cccc(Cl)c2)n1. The molecule has 2 aromatic carbocycles. The third-order valence-electron chi connectivity index (χ3n) is 4.17. The molecule has 1 fully saturated rings. The van der Waals surface area contributed by atoms with Crippen LogP contribution in [-0.2, 0) is 0 Å². The Hall–Kier alpha value is -2.33. The number of ether oxygens (including phenoxy) is 1. The maximum absolute atomic E-state index is 6.06. The highest BCUT2D eigenvalue weighted by Gasteiger charge is 2.43. The maximum atomic E-state index is 6.06. The van der Waals surface area contributed by atoms with Crippen molar-refractivity contribution in [1.29, 1.82) is 0 Å². The van der Waals surface area contributed by atoms with Crippen LogP contribution in [0.4, 0.5) is 0 Å². The molecule has 0 radical (unpaired) electrons. The number of para-hydroxylation sites is 1. The van der Waals surface area contributed by atoms with Gasteiger partial charge in [0, 0.05) is 10.9 Å². The minimum absolute atomic E-state index is 0.268. The lowest BCUT2D eigenvalue weighted by atomic mass is 10.1. The number of hydrogen-bond donors (Lipinski definition) is 0. The van der Waals surface area contributed by atoms with E-state index in [1.807, 2.05) is 42.5 Å². The molecule has 1 aromatic heterocycles. The molecule has 0 N–H and O–H groups in total. The van der Waals surface area contributed by atoms with Gasteiger partial charge >= 0.3 is 0 Å². The van der Waals surface area contributed by atoms with Crippen LogP contribution in [0, 0.1) is 0 Å². The zero-order valence-electron chi connectivity index (χ0n) is 12.6. The molecule has 1 heterocycles. The van der Waals surface area contributed by atoms with Crippen molar-refractivity contribution in [3.8, 4) is 17.1 Å². The van der Waals surface area contributed by atoms with Gasteiger partial charge in [0.1, 0.15) is 5.75 Å². The van der Waals surface area contributed by atoms with E-state index in [1.54, 1.807) is 7.11 Å². The number of halogens is 1. The van der Waals surface area contributed by atoms with Gasteiger partial charge in [0.25, 0.3) is 0 Å². The van der Waals surface area contributed by atoms with Gasteiger partial charge in [0.2, 0.25) is 11.7 Å². The van der Waals surface area contributed by atoms with E-state index in [-0.39, 0.29) is 5.92 Å². The Kier molecular flexibility index (Phi) is 3.54. The zero-order valence-corrected chi connectivity index (χ0v) is 13.3. The number of aromatic nitrogens is 2. The third kappa shape index (κ3) is 2.70. The standard InChI is InChI=1S/C18H15ClN2O2/c1-22-16-8-3-2-7-13(16)17-20-18(23-21-17)15-10-14(15)11-5-4-6-12(19)9-11/h2-9,14-15H,10H2,1H3/t14-,15+/m0/s1. The Morgan fingerprint density at radius 2 is 2.00 bits per heavy atom. The summed E-state index contributed by atoms with van der Waals surface area (Å²) in [6, 6.07) is 15.6. The number of rotatable bonds is 4. The minimum Gasteiger partial charge on any atom is -0.496 e. The van der Waals surface area contributed by atoms with E-state index in [0.717, 1.165) is 22.8 Å². The molecular formula is C18H15ClN2O2. The molecule has 4 rings (SSSR count). The summed E-state index contributed by atoms with van der Waals surface area (Å²) in [5.74, 6) is 2.65. The smallest absolute Gasteiger partial charge is 0.230 e. The summed E-state index contributed by atoms with van der Waals surface area (Å²) in [6.45, 7) is 0. The molecular weight excluding hydrogens is 312 g/mol. The summed E-state index contributed by atoms with van der Waals surface area (Å²) in [5.41, 5.74) is 2.06. The fraction of sp³-hybridized carbons (Fsp3) is 0.222. The van der Waals surface area contributed by atoms with Gasteiger partial charge in [0.05, 0.1) is 12.7 Å². The molecule has 4 nitrogen and oxygen atoms in total. The summed E-state index contributed by atoms with van der Waals surface area (Å²) in [4.78, 5) is 4.56. The Labute approximate surface area is 139 Å². The Balaban J connectivity index is 1.58. The monoisotopic (exact) mass is 326 g/mol. The van der Waals surface area contributed by atoms with Crippen LogP contribution >= 0.6 is 11.6 Å². The van der Waals surface area contributed by atoms with Gasteiger partial charge in [-0.25, -0.2) is 0 Å². The van der Waals surface area contributed by atoms with Crippen LogP contribution in [0.1, 0.15) is 29.7 Å². The molecule has 0 bridgehead atoms. The summed E-state index contributed by atoms with van der Waals surface area (Å²) in [6.07, 6.45) is 1.01. The number of hydrogen-bond acceptors (Lipinski definition) is 4. The first-order valence-corrected chi connectivity index (χ1v) is 7.86. The van der Waals surface area contributed by atoms with Crippen LogP contribution in [0.2, 0.25) is 5.02 Å². The minimum atomic E-state index is 0.268. The average Bonchev–Trinajstić information content (AvgIpc) is 3.24. The highest BCUT2D eigenvalue weighted by Crippen LogP contribution is 2.54. The van der Waals surface area contributed by atoms with Crippen molar-refractivity contribution >= 4 is 11.6 Å². The van der Waals surface area contributed by atoms with Gasteiger partial charge in [-0.15, -0.1) is 0 Å². The fourth-order valence-electron chi connectivity index (χ4n) is 2.90. The first kappa shape index (κ1) is 14.3. The summed E-state index contributed by atoms with van der Waals surface area (Å²) in [7, 11) is 1.63. The molecule has 0 unspecified atom stereocenters. The van der Waals surface area contributed by atoms with Gasteiger partial charge < -0.3 is 9.26 Å². The predicted octanol–water partition coefficient (Wildman–Crippen LogP) is 4.67. The van der Waals surface area contributed by atoms with E-state index in [0.29, 0.717) is 17.6 Å². The van der Waals surface area contributed by atoms with E-state index in [1.165, 1.54) is 5.56 Å². The lowest BCUT2D eigenvalue weighted by Gasteiger charge is -2.03. The third-order valence-corrected chi connectivity index (χ3v) is 4.41. The van der Waals surface area contributed by atoms with E-state index in [2.05, 4.69) is 16.2 Å². The van der Waals surface area contributed by atoms with Crippen molar-refractivity contribution < 1.29 is 9.26 Å². The molecule has 5 heteroatoms. The highest BCUT2D eigenvalue weighted by atomic mass is 35.5. The van der Waals surface area contributed by atoms with Crippen molar-refractivity contribution in [3.63, 3.8) is 0 Å². The summed E-state index contributed by atoms with van der Waals surface area (Å²) < 4.78 is 10.8. The molecule has 0 amide bonds. The van der Waals surface area contributed by atoms with E-state index >= 15 is 0 Å². The molecule has 1 aliphatic carbocycles. The van der Waals surface area contributed by atoms with Crippen molar-refractivity contribution in [2.24, 2.45) is 0 Å². The average molecular weight is 327 g/mol. The Morgan fingerprint density at radius 1 is 1.13 bits per heavy atom. The largest absolute Gasteiger partial charge is 0.496 e. The van der Waals surface area contributed by atoms with Crippen LogP contribution < -0.4 is 4.74 Å². The molecule has 3 aromatic rings. The van der Waals surface area contributed by atoms with E-state index < -0.39 is 0 Å². The van der Waals surface area contributed by atoms with Crippen molar-refractivity contribution in [1.82, 2.24) is 10.1 Å². The van der Waals surface area contributed by atoms with Gasteiger partial charge in [-0.2, -0.15) is 4.98 Å².